The third-order valence-electron chi connectivity index (χ3n) is 5.54. The van der Waals surface area contributed by atoms with Gasteiger partial charge in [-0.15, -0.1) is 0 Å². The molecule has 0 saturated carbocycles. The number of imide groups is 1. The number of benzene rings is 2. The van der Waals surface area contributed by atoms with Crippen molar-refractivity contribution in [2.45, 2.75) is 38.0 Å². The Hall–Kier alpha value is -3.36. The SMILES string of the molecule is C=C/C(=C\C=C(/C)OC)N1C(=O)c2c(Cl)ccc(NS(=O)(=O)c3ccc(C(C)(C)C)cc3)c2C1=O. The van der Waals surface area contributed by atoms with E-state index in [2.05, 4.69) is 11.3 Å². The Balaban J connectivity index is 2.04. The average molecular weight is 515 g/mol. The smallest absolute Gasteiger partial charge is 0.268 e. The van der Waals surface area contributed by atoms with Gasteiger partial charge in [0.1, 0.15) is 0 Å². The van der Waals surface area contributed by atoms with Gasteiger partial charge in [0, 0.05) is 0 Å². The quantitative estimate of drug-likeness (QED) is 0.292. The molecule has 0 saturated heterocycles. The number of halogens is 1. The van der Waals surface area contributed by atoms with Crippen LogP contribution in [0.5, 0.6) is 0 Å². The highest BCUT2D eigenvalue weighted by molar-refractivity contribution is 7.92. The van der Waals surface area contributed by atoms with E-state index in [1.807, 2.05) is 20.8 Å². The first-order valence-electron chi connectivity index (χ1n) is 10.7. The highest BCUT2D eigenvalue weighted by Crippen LogP contribution is 2.37. The number of nitrogens with one attached hydrogen (secondary N) is 1. The summed E-state index contributed by atoms with van der Waals surface area (Å²) in [5.74, 6) is -0.854. The summed E-state index contributed by atoms with van der Waals surface area (Å²) in [4.78, 5) is 27.4. The lowest BCUT2D eigenvalue weighted by Gasteiger charge is -2.19. The summed E-state index contributed by atoms with van der Waals surface area (Å²) < 4.78 is 33.8. The summed E-state index contributed by atoms with van der Waals surface area (Å²) in [6.45, 7) is 11.5. The van der Waals surface area contributed by atoms with Crippen molar-refractivity contribution in [1.82, 2.24) is 4.90 Å². The molecule has 0 unspecified atom stereocenters. The molecule has 3 rings (SSSR count). The standard InChI is InChI=1S/C26H27ClN2O5S/c1-7-18(11-8-16(2)34-6)29-24(30)22-20(27)14-15-21(23(22)25(29)31)28-35(32,33)19-12-9-17(10-13-19)26(3,4)5/h7-15,28H,1H2,2-6H3/b16-8+,18-11+. The molecule has 1 aliphatic heterocycles. The summed E-state index contributed by atoms with van der Waals surface area (Å²) in [5.41, 5.74) is 0.767. The summed E-state index contributed by atoms with van der Waals surface area (Å²) >= 11 is 6.26. The molecule has 2 aromatic carbocycles. The summed E-state index contributed by atoms with van der Waals surface area (Å²) in [7, 11) is -2.56. The third kappa shape index (κ3) is 5.18. The van der Waals surface area contributed by atoms with Crippen LogP contribution >= 0.6 is 11.6 Å². The van der Waals surface area contributed by atoms with Crippen molar-refractivity contribution in [3.63, 3.8) is 0 Å². The number of rotatable bonds is 7. The van der Waals surface area contributed by atoms with Crippen LogP contribution in [0.3, 0.4) is 0 Å². The Morgan fingerprint density at radius 2 is 1.63 bits per heavy atom. The van der Waals surface area contributed by atoms with Crippen LogP contribution in [0.2, 0.25) is 5.02 Å². The van der Waals surface area contributed by atoms with E-state index in [9.17, 15) is 18.0 Å². The van der Waals surface area contributed by atoms with E-state index < -0.39 is 21.8 Å². The van der Waals surface area contributed by atoms with E-state index in [-0.39, 0.29) is 37.8 Å². The second-order valence-electron chi connectivity index (χ2n) is 8.95. The number of methoxy groups -OCH3 is 1. The van der Waals surface area contributed by atoms with Gasteiger partial charge in [-0.25, -0.2) is 13.3 Å². The average Bonchev–Trinajstić information content (AvgIpc) is 3.07. The van der Waals surface area contributed by atoms with Gasteiger partial charge < -0.3 is 4.74 Å². The van der Waals surface area contributed by atoms with E-state index in [1.165, 1.54) is 43.5 Å². The van der Waals surface area contributed by atoms with Crippen molar-refractivity contribution in [3.05, 3.63) is 94.4 Å². The second-order valence-corrected chi connectivity index (χ2v) is 11.0. The molecular formula is C26H27ClN2O5S. The minimum Gasteiger partial charge on any atom is -0.501 e. The van der Waals surface area contributed by atoms with E-state index >= 15 is 0 Å². The molecule has 9 heteroatoms. The monoisotopic (exact) mass is 514 g/mol. The zero-order valence-corrected chi connectivity index (χ0v) is 21.8. The van der Waals surface area contributed by atoms with Gasteiger partial charge in [-0.3, -0.25) is 14.3 Å². The van der Waals surface area contributed by atoms with Crippen LogP contribution in [-0.4, -0.2) is 32.2 Å². The predicted molar refractivity (Wildman–Crippen MR) is 137 cm³/mol. The number of hydrogen-bond acceptors (Lipinski definition) is 5. The number of amides is 2. The molecule has 0 spiro atoms. The van der Waals surface area contributed by atoms with Crippen LogP contribution < -0.4 is 4.72 Å². The molecule has 0 bridgehead atoms. The van der Waals surface area contributed by atoms with Crippen LogP contribution in [-0.2, 0) is 20.2 Å². The molecule has 0 atom stereocenters. The Bertz CT molecular complexity index is 1370. The number of anilines is 1. The number of sulfonamides is 1. The van der Waals surface area contributed by atoms with Gasteiger partial charge in [0.05, 0.1) is 45.3 Å². The van der Waals surface area contributed by atoms with Crippen LogP contribution in [0, 0.1) is 0 Å². The van der Waals surface area contributed by atoms with Crippen LogP contribution in [0.4, 0.5) is 5.69 Å². The number of fused-ring (bicyclic) bond motifs is 1. The largest absolute Gasteiger partial charge is 0.501 e. The first-order chi connectivity index (χ1) is 16.3. The van der Waals surface area contributed by atoms with Crippen molar-refractivity contribution >= 4 is 39.1 Å². The number of nitrogens with zero attached hydrogens (tertiary/aromatic N) is 1. The molecule has 2 amide bonds. The van der Waals surface area contributed by atoms with E-state index in [4.69, 9.17) is 16.3 Å². The molecule has 0 aromatic heterocycles. The Morgan fingerprint density at radius 3 is 2.17 bits per heavy atom. The molecule has 2 aromatic rings. The van der Waals surface area contributed by atoms with Gasteiger partial charge in [-0.2, -0.15) is 0 Å². The second kappa shape index (κ2) is 9.71. The summed E-state index contributed by atoms with van der Waals surface area (Å²) in [6.07, 6.45) is 4.42. The molecule has 0 fully saturated rings. The highest BCUT2D eigenvalue weighted by Gasteiger charge is 2.41. The van der Waals surface area contributed by atoms with Gasteiger partial charge in [0.15, 0.2) is 0 Å². The molecule has 7 nitrogen and oxygen atoms in total. The molecule has 184 valence electrons. The Kier molecular flexibility index (Phi) is 7.29. The van der Waals surface area contributed by atoms with Crippen molar-refractivity contribution in [3.8, 4) is 0 Å². The molecule has 1 N–H and O–H groups in total. The lowest BCUT2D eigenvalue weighted by Crippen LogP contribution is -2.28. The normalized spacial score (nSPS) is 14.7. The molecule has 1 heterocycles. The maximum atomic E-state index is 13.3. The fourth-order valence-electron chi connectivity index (χ4n) is 3.49. The van der Waals surface area contributed by atoms with Crippen molar-refractivity contribution in [2.75, 3.05) is 11.8 Å². The fourth-order valence-corrected chi connectivity index (χ4v) is 4.80. The number of carbonyl (C=O) groups is 2. The zero-order chi connectivity index (χ0) is 26.1. The zero-order valence-electron chi connectivity index (χ0n) is 20.2. The lowest BCUT2D eigenvalue weighted by molar-refractivity contribution is 0.0710. The minimum atomic E-state index is -4.05. The van der Waals surface area contributed by atoms with Gasteiger partial charge in [-0.05, 0) is 60.4 Å². The summed E-state index contributed by atoms with van der Waals surface area (Å²) in [6, 6.07) is 9.23. The molecule has 1 aliphatic rings. The maximum Gasteiger partial charge on any atom is 0.268 e. The third-order valence-corrected chi connectivity index (χ3v) is 7.24. The number of ether oxygens (including phenoxy) is 1. The van der Waals surface area contributed by atoms with Crippen molar-refractivity contribution in [2.24, 2.45) is 0 Å². The van der Waals surface area contributed by atoms with Gasteiger partial charge >= 0.3 is 0 Å². The highest BCUT2D eigenvalue weighted by atomic mass is 35.5. The summed E-state index contributed by atoms with van der Waals surface area (Å²) in [5, 5.41) is 0.0327. The number of allylic oxidation sites excluding steroid dienone is 4. The topological polar surface area (TPSA) is 92.8 Å². The van der Waals surface area contributed by atoms with Gasteiger partial charge in [0.25, 0.3) is 21.8 Å². The predicted octanol–water partition coefficient (Wildman–Crippen LogP) is 5.65. The van der Waals surface area contributed by atoms with E-state index in [0.29, 0.717) is 5.76 Å². The first kappa shape index (κ1) is 26.2. The molecule has 35 heavy (non-hydrogen) atoms. The Labute approximate surface area is 210 Å². The van der Waals surface area contributed by atoms with Crippen LogP contribution in [0.1, 0.15) is 54.0 Å². The maximum absolute atomic E-state index is 13.3. The van der Waals surface area contributed by atoms with Gasteiger partial charge in [-0.1, -0.05) is 51.1 Å². The lowest BCUT2D eigenvalue weighted by atomic mass is 9.87. The fraction of sp³-hybridized carbons (Fsp3) is 0.231. The number of hydrogen-bond donors (Lipinski definition) is 1. The molecule has 0 radical (unpaired) electrons. The van der Waals surface area contributed by atoms with Crippen molar-refractivity contribution < 1.29 is 22.7 Å². The Morgan fingerprint density at radius 1 is 1.03 bits per heavy atom. The van der Waals surface area contributed by atoms with Crippen LogP contribution in [0.15, 0.2) is 77.6 Å². The molecule has 0 aliphatic carbocycles. The molecular weight excluding hydrogens is 488 g/mol. The first-order valence-corrected chi connectivity index (χ1v) is 12.6. The van der Waals surface area contributed by atoms with Crippen LogP contribution in [0.25, 0.3) is 0 Å². The minimum absolute atomic E-state index is 0.0229. The van der Waals surface area contributed by atoms with Gasteiger partial charge in [0.2, 0.25) is 0 Å². The number of carbonyl (C=O) groups excluding carboxylic acids is 2. The van der Waals surface area contributed by atoms with Crippen molar-refractivity contribution in [1.29, 1.82) is 0 Å². The van der Waals surface area contributed by atoms with E-state index in [1.54, 1.807) is 25.1 Å². The van der Waals surface area contributed by atoms with E-state index in [0.717, 1.165) is 10.5 Å².